The summed E-state index contributed by atoms with van der Waals surface area (Å²) in [6.07, 6.45) is 12.7. The van der Waals surface area contributed by atoms with Gasteiger partial charge in [0.05, 0.1) is 106 Å². The summed E-state index contributed by atoms with van der Waals surface area (Å²) in [5.74, 6) is 0. The van der Waals surface area contributed by atoms with Crippen LogP contribution in [-0.4, -0.2) is 64.8 Å². The lowest BCUT2D eigenvalue weighted by Gasteiger charge is -2.11. The van der Waals surface area contributed by atoms with Gasteiger partial charge in [-0.3, -0.25) is 19.9 Å². The van der Waals surface area contributed by atoms with Crippen LogP contribution in [0, 0.1) is 0 Å². The van der Waals surface area contributed by atoms with Crippen LogP contribution >= 0.6 is 0 Å². The highest BCUT2D eigenvalue weighted by Gasteiger charge is 2.18. The number of pyridine rings is 13. The summed E-state index contributed by atoms with van der Waals surface area (Å²) in [6.45, 7) is 0. The molecular formula is C125H77N13. The summed E-state index contributed by atoms with van der Waals surface area (Å²) in [5.41, 5.74) is 34.3. The van der Waals surface area contributed by atoms with Gasteiger partial charge in [0.2, 0.25) is 0 Å². The maximum Gasteiger partial charge on any atom is 0.0972 e. The van der Waals surface area contributed by atoms with Crippen LogP contribution in [0.5, 0.6) is 0 Å². The van der Waals surface area contributed by atoms with Crippen molar-refractivity contribution in [3.63, 3.8) is 0 Å². The molecule has 0 aliphatic heterocycles. The Kier molecular flexibility index (Phi) is 20.6. The molecule has 0 atom stereocenters. The van der Waals surface area contributed by atoms with Crippen molar-refractivity contribution in [1.29, 1.82) is 0 Å². The van der Waals surface area contributed by atoms with Gasteiger partial charge in [-0.25, -0.2) is 44.9 Å². The van der Waals surface area contributed by atoms with Crippen molar-refractivity contribution in [2.75, 3.05) is 0 Å². The molecule has 0 aliphatic rings. The average molecular weight is 1760 g/mol. The van der Waals surface area contributed by atoms with Gasteiger partial charge >= 0.3 is 0 Å². The van der Waals surface area contributed by atoms with Gasteiger partial charge in [0, 0.05) is 147 Å². The summed E-state index contributed by atoms with van der Waals surface area (Å²) in [4.78, 5) is 62.2. The fourth-order valence-corrected chi connectivity index (χ4v) is 18.8. The van der Waals surface area contributed by atoms with E-state index in [0.717, 1.165) is 244 Å². The third kappa shape index (κ3) is 15.9. The molecule has 13 heteroatoms. The van der Waals surface area contributed by atoms with E-state index < -0.39 is 0 Å². The van der Waals surface area contributed by atoms with Crippen LogP contribution in [0.2, 0.25) is 0 Å². The molecule has 0 radical (unpaired) electrons. The quantitative estimate of drug-likeness (QED) is 0.106. The highest BCUT2D eigenvalue weighted by molar-refractivity contribution is 6.15. The Hall–Kier alpha value is -18.9. The van der Waals surface area contributed by atoms with Crippen LogP contribution in [0.3, 0.4) is 0 Å². The first-order valence-electron chi connectivity index (χ1n) is 46.0. The Bertz CT molecular complexity index is 9460. The standard InChI is InChI=1S/C47H29N5.C41H25N5.C37H23N3/c1-2-5-30(6-3-1)41-20-14-33-12-13-34-15-21-42(52-47(34)46(33)51-41)32-10-8-31(9-11-32)40-24-18-37-27-35(16-22-43(37)49-40)36-17-23-44-38(28-36)19-25-45(50-44)39-7-4-26-48-29-39;1-4-34(25-42-21-1)39-20-15-33-24-31(13-18-38(33)45-39)30-12-17-37-32(23-30)14-19-35(44-37)26-5-7-27(8-6-26)36-16-11-29-10-9-28-3-2-22-43-40(28)41(29)46-36;1-2-8-31-24(5-1)10-11-25-6-3-9-32(37(25)31)36-19-15-29-22-27(13-17-34(29)40-36)26-12-16-33-28(21-26)14-18-35(39-33)30-7-4-20-38-23-30/h1-29H;1-25H;1-23H. The van der Waals surface area contributed by atoms with Gasteiger partial charge in [0.1, 0.15) is 0 Å². The predicted octanol–water partition coefficient (Wildman–Crippen LogP) is 31.0. The van der Waals surface area contributed by atoms with Crippen molar-refractivity contribution >= 4 is 131 Å². The van der Waals surface area contributed by atoms with Crippen molar-refractivity contribution in [3.8, 4) is 135 Å². The topological polar surface area (TPSA) is 168 Å². The zero-order valence-electron chi connectivity index (χ0n) is 74.3. The normalized spacial score (nSPS) is 11.5. The molecule has 642 valence electrons. The van der Waals surface area contributed by atoms with Crippen LogP contribution in [0.4, 0.5) is 0 Å². The lowest BCUT2D eigenvalue weighted by Crippen LogP contribution is -1.91. The molecule has 13 nitrogen and oxygen atoms in total. The van der Waals surface area contributed by atoms with Crippen molar-refractivity contribution in [2.45, 2.75) is 0 Å². The molecule has 13 aromatic heterocycles. The molecule has 0 spiro atoms. The van der Waals surface area contributed by atoms with E-state index in [9.17, 15) is 0 Å². The van der Waals surface area contributed by atoms with Gasteiger partial charge in [-0.2, -0.15) is 0 Å². The van der Waals surface area contributed by atoms with Crippen molar-refractivity contribution in [3.05, 3.63) is 468 Å². The smallest absolute Gasteiger partial charge is 0.0972 e. The Balaban J connectivity index is 0.000000111. The molecule has 0 amide bonds. The number of rotatable bonds is 12. The molecule has 0 N–H and O–H groups in total. The highest BCUT2D eigenvalue weighted by atomic mass is 14.8. The molecule has 0 saturated heterocycles. The highest BCUT2D eigenvalue weighted by Crippen LogP contribution is 2.40. The molecule has 13 heterocycles. The minimum atomic E-state index is 0.905. The zero-order chi connectivity index (χ0) is 91.4. The van der Waals surface area contributed by atoms with Crippen LogP contribution < -0.4 is 0 Å². The van der Waals surface area contributed by atoms with Crippen molar-refractivity contribution in [1.82, 2.24) is 64.8 Å². The van der Waals surface area contributed by atoms with Crippen LogP contribution in [0.1, 0.15) is 0 Å². The minimum absolute atomic E-state index is 0.905. The van der Waals surface area contributed by atoms with E-state index in [0.29, 0.717) is 0 Å². The number of fused-ring (bicyclic) bond motifs is 15. The fourth-order valence-electron chi connectivity index (χ4n) is 18.8. The second-order valence-corrected chi connectivity index (χ2v) is 34.6. The number of hydrogen-bond donors (Lipinski definition) is 0. The van der Waals surface area contributed by atoms with Crippen LogP contribution in [0.25, 0.3) is 265 Å². The van der Waals surface area contributed by atoms with Crippen LogP contribution in [-0.2, 0) is 0 Å². The molecule has 14 aromatic carbocycles. The predicted molar refractivity (Wildman–Crippen MR) is 566 cm³/mol. The summed E-state index contributed by atoms with van der Waals surface area (Å²) in [7, 11) is 0. The lowest BCUT2D eigenvalue weighted by molar-refractivity contribution is 1.30. The molecule has 27 aromatic rings. The molecule has 0 aliphatic carbocycles. The number of nitrogens with zero attached hydrogens (tertiary/aromatic N) is 13. The number of benzene rings is 14. The summed E-state index contributed by atoms with van der Waals surface area (Å²) >= 11 is 0. The third-order valence-corrected chi connectivity index (χ3v) is 26.0. The monoisotopic (exact) mass is 1760 g/mol. The zero-order valence-corrected chi connectivity index (χ0v) is 74.3. The molecule has 0 fully saturated rings. The molecule has 0 bridgehead atoms. The van der Waals surface area contributed by atoms with E-state index in [2.05, 4.69) is 384 Å². The van der Waals surface area contributed by atoms with Gasteiger partial charge in [0.15, 0.2) is 0 Å². The fraction of sp³-hybridized carbons (Fsp3) is 0. The largest absolute Gasteiger partial charge is 0.264 e. The van der Waals surface area contributed by atoms with E-state index in [-0.39, 0.29) is 0 Å². The summed E-state index contributed by atoms with van der Waals surface area (Å²) < 4.78 is 0. The van der Waals surface area contributed by atoms with Gasteiger partial charge in [-0.1, -0.05) is 255 Å². The van der Waals surface area contributed by atoms with E-state index in [1.807, 2.05) is 85.5 Å². The Morgan fingerprint density at radius 1 is 0.138 bits per heavy atom. The van der Waals surface area contributed by atoms with E-state index in [4.69, 9.17) is 44.9 Å². The van der Waals surface area contributed by atoms with Crippen molar-refractivity contribution in [2.24, 2.45) is 0 Å². The molecule has 0 saturated carbocycles. The Labute approximate surface area is 792 Å². The molecule has 0 unspecified atom stereocenters. The first-order valence-corrected chi connectivity index (χ1v) is 46.0. The van der Waals surface area contributed by atoms with E-state index in [1.54, 1.807) is 18.6 Å². The Morgan fingerprint density at radius 3 is 0.761 bits per heavy atom. The molecular weight excluding hydrogens is 1680 g/mol. The first kappa shape index (κ1) is 81.2. The van der Waals surface area contributed by atoms with Crippen LogP contribution in [0.15, 0.2) is 468 Å². The molecule has 27 rings (SSSR count). The minimum Gasteiger partial charge on any atom is -0.264 e. The summed E-state index contributed by atoms with van der Waals surface area (Å²) in [6, 6.07) is 148. The number of aromatic nitrogens is 13. The van der Waals surface area contributed by atoms with Gasteiger partial charge in [-0.05, 0) is 225 Å². The summed E-state index contributed by atoms with van der Waals surface area (Å²) in [5, 5.41) is 15.9. The number of hydrogen-bond acceptors (Lipinski definition) is 13. The Morgan fingerprint density at radius 2 is 0.391 bits per heavy atom. The maximum absolute atomic E-state index is 5.13. The first-order chi connectivity index (χ1) is 68.3. The van der Waals surface area contributed by atoms with E-state index in [1.165, 1.54) is 21.5 Å². The second kappa shape index (κ2) is 35.0. The average Bonchev–Trinajstić information content (AvgIpc) is 0.659. The van der Waals surface area contributed by atoms with Gasteiger partial charge in [-0.15, -0.1) is 0 Å². The van der Waals surface area contributed by atoms with Gasteiger partial charge in [0.25, 0.3) is 0 Å². The SMILES string of the molecule is c1ccc(-c2ccc3ccc4ccc(-c5ccc(-c6ccc7cc(-c8ccc9nc(-c%10cccnc%10)ccc9c8)ccc7n6)cc5)nc4c3n2)cc1.c1cncc(-c2ccc3cc(-c4ccc5nc(-c6ccc(-c7ccc8ccc9cccnc9c8n7)cc6)ccc5c4)ccc3n2)c1.c1cncc(-c2ccc3cc(-c4ccc5nc(-c6cccc7ccc8ccccc8c67)ccc5c4)ccc3n2)c1. The maximum atomic E-state index is 5.13. The van der Waals surface area contributed by atoms with E-state index >= 15 is 0 Å². The van der Waals surface area contributed by atoms with Crippen molar-refractivity contribution < 1.29 is 0 Å². The molecule has 138 heavy (non-hydrogen) atoms. The van der Waals surface area contributed by atoms with Gasteiger partial charge < -0.3 is 0 Å². The lowest BCUT2D eigenvalue weighted by atomic mass is 9.95. The second-order valence-electron chi connectivity index (χ2n) is 34.6. The third-order valence-electron chi connectivity index (χ3n) is 26.0.